The molecule has 2 aliphatic heterocycles. The Morgan fingerprint density at radius 3 is 2.85 bits per heavy atom. The summed E-state index contributed by atoms with van der Waals surface area (Å²) in [6.07, 6.45) is 1.76. The number of amides is 1. The molecule has 0 saturated heterocycles. The molecule has 2 heterocycles. The van der Waals surface area contributed by atoms with Crippen LogP contribution in [0.3, 0.4) is 0 Å². The highest BCUT2D eigenvalue weighted by molar-refractivity contribution is 5.97. The fourth-order valence-corrected chi connectivity index (χ4v) is 3.44. The van der Waals surface area contributed by atoms with Gasteiger partial charge >= 0.3 is 0 Å². The molecule has 27 heavy (non-hydrogen) atoms. The standard InChI is InChI=1S/C18H18N4O5/c19-12-4-1-5-14-11(12)3-2-6-21(14)9-18(23)20-13-7-16-17(27-10-26-16)8-15(13)22(24)25/h1,4-5,7-8H,2-3,6,9-10,19H2,(H,20,23). The number of carbonyl (C=O) groups excluding carboxylic acids is 1. The van der Waals surface area contributed by atoms with E-state index >= 15 is 0 Å². The van der Waals surface area contributed by atoms with Crippen molar-refractivity contribution in [2.45, 2.75) is 12.8 Å². The van der Waals surface area contributed by atoms with Crippen molar-refractivity contribution < 1.29 is 19.2 Å². The number of nitrogen functional groups attached to an aromatic ring is 1. The lowest BCUT2D eigenvalue weighted by Gasteiger charge is -2.31. The molecule has 0 spiro atoms. The molecule has 0 aromatic heterocycles. The summed E-state index contributed by atoms with van der Waals surface area (Å²) in [5, 5.41) is 14.0. The summed E-state index contributed by atoms with van der Waals surface area (Å²) in [7, 11) is 0. The lowest BCUT2D eigenvalue weighted by Crippen LogP contribution is -2.37. The van der Waals surface area contributed by atoms with Crippen LogP contribution in [0.15, 0.2) is 30.3 Å². The molecule has 0 unspecified atom stereocenters. The molecule has 2 aromatic rings. The zero-order chi connectivity index (χ0) is 19.0. The van der Waals surface area contributed by atoms with Gasteiger partial charge in [-0.05, 0) is 30.5 Å². The fourth-order valence-electron chi connectivity index (χ4n) is 3.44. The maximum absolute atomic E-state index is 12.6. The summed E-state index contributed by atoms with van der Waals surface area (Å²) in [6, 6.07) is 8.31. The van der Waals surface area contributed by atoms with Crippen molar-refractivity contribution in [1.82, 2.24) is 0 Å². The van der Waals surface area contributed by atoms with Crippen LogP contribution in [-0.4, -0.2) is 30.7 Å². The molecule has 140 valence electrons. The van der Waals surface area contributed by atoms with E-state index in [1.165, 1.54) is 12.1 Å². The number of rotatable bonds is 4. The van der Waals surface area contributed by atoms with Crippen LogP contribution >= 0.6 is 0 Å². The van der Waals surface area contributed by atoms with E-state index in [2.05, 4.69) is 5.32 Å². The highest BCUT2D eigenvalue weighted by Gasteiger charge is 2.26. The zero-order valence-corrected chi connectivity index (χ0v) is 14.4. The zero-order valence-electron chi connectivity index (χ0n) is 14.4. The quantitative estimate of drug-likeness (QED) is 0.481. The van der Waals surface area contributed by atoms with E-state index in [1.807, 2.05) is 23.1 Å². The van der Waals surface area contributed by atoms with Gasteiger partial charge in [0.2, 0.25) is 12.7 Å². The maximum Gasteiger partial charge on any atom is 0.296 e. The highest BCUT2D eigenvalue weighted by Crippen LogP contribution is 2.40. The number of nitro groups is 1. The number of hydrogen-bond acceptors (Lipinski definition) is 7. The number of anilines is 3. The Kier molecular flexibility index (Phi) is 4.19. The van der Waals surface area contributed by atoms with Crippen LogP contribution in [0, 0.1) is 10.1 Å². The number of fused-ring (bicyclic) bond motifs is 2. The molecule has 1 amide bonds. The Labute approximate surface area is 154 Å². The molecule has 9 heteroatoms. The first-order chi connectivity index (χ1) is 13.0. The molecule has 0 aliphatic carbocycles. The Morgan fingerprint density at radius 1 is 1.30 bits per heavy atom. The minimum absolute atomic E-state index is 0.00410. The summed E-state index contributed by atoms with van der Waals surface area (Å²) in [5.74, 6) is 0.305. The van der Waals surface area contributed by atoms with E-state index in [4.69, 9.17) is 15.2 Å². The molecule has 0 saturated carbocycles. The first kappa shape index (κ1) is 17.0. The Bertz CT molecular complexity index is 930. The van der Waals surface area contributed by atoms with Gasteiger partial charge in [0, 0.05) is 24.0 Å². The monoisotopic (exact) mass is 370 g/mol. The third-order valence-electron chi connectivity index (χ3n) is 4.68. The van der Waals surface area contributed by atoms with Gasteiger partial charge in [0.25, 0.3) is 5.69 Å². The van der Waals surface area contributed by atoms with Crippen molar-refractivity contribution in [3.05, 3.63) is 46.0 Å². The predicted octanol–water partition coefficient (Wildman–Crippen LogP) is 2.30. The van der Waals surface area contributed by atoms with Crippen LogP contribution in [0.5, 0.6) is 11.5 Å². The number of nitrogens with one attached hydrogen (secondary N) is 1. The first-order valence-electron chi connectivity index (χ1n) is 8.53. The van der Waals surface area contributed by atoms with Crippen molar-refractivity contribution in [2.24, 2.45) is 0 Å². The van der Waals surface area contributed by atoms with Gasteiger partial charge in [-0.2, -0.15) is 0 Å². The number of nitrogens with zero attached hydrogens (tertiary/aromatic N) is 2. The van der Waals surface area contributed by atoms with Crippen LogP contribution in [0.1, 0.15) is 12.0 Å². The molecular weight excluding hydrogens is 352 g/mol. The Balaban J connectivity index is 1.55. The third-order valence-corrected chi connectivity index (χ3v) is 4.68. The Hall–Kier alpha value is -3.49. The van der Waals surface area contributed by atoms with Crippen LogP contribution in [0.25, 0.3) is 0 Å². The number of ether oxygens (including phenoxy) is 2. The summed E-state index contributed by atoms with van der Waals surface area (Å²) >= 11 is 0. The molecule has 2 aromatic carbocycles. The summed E-state index contributed by atoms with van der Waals surface area (Å²) in [6.45, 7) is 0.783. The van der Waals surface area contributed by atoms with E-state index in [1.54, 1.807) is 0 Å². The maximum atomic E-state index is 12.6. The predicted molar refractivity (Wildman–Crippen MR) is 99.2 cm³/mol. The fraction of sp³-hybridized carbons (Fsp3) is 0.278. The van der Waals surface area contributed by atoms with Crippen LogP contribution in [0.4, 0.5) is 22.7 Å². The number of nitrogens with two attached hydrogens (primary N) is 1. The third kappa shape index (κ3) is 3.19. The SMILES string of the molecule is Nc1cccc2c1CCCN2CC(=O)Nc1cc2c(cc1[N+](=O)[O-])OCO2. The van der Waals surface area contributed by atoms with Crippen LogP contribution in [-0.2, 0) is 11.2 Å². The molecule has 2 aliphatic rings. The average molecular weight is 370 g/mol. The van der Waals surface area contributed by atoms with Gasteiger partial charge in [0.15, 0.2) is 11.5 Å². The van der Waals surface area contributed by atoms with E-state index in [-0.39, 0.29) is 30.6 Å². The summed E-state index contributed by atoms with van der Waals surface area (Å²) in [5.41, 5.74) is 8.55. The van der Waals surface area contributed by atoms with E-state index < -0.39 is 4.92 Å². The van der Waals surface area contributed by atoms with Crippen LogP contribution in [0.2, 0.25) is 0 Å². The van der Waals surface area contributed by atoms with Gasteiger partial charge in [0.05, 0.1) is 17.5 Å². The number of benzene rings is 2. The number of hydrogen-bond donors (Lipinski definition) is 2. The highest BCUT2D eigenvalue weighted by atomic mass is 16.7. The molecule has 0 fully saturated rings. The smallest absolute Gasteiger partial charge is 0.296 e. The molecule has 4 rings (SSSR count). The van der Waals surface area contributed by atoms with Gasteiger partial charge < -0.3 is 25.4 Å². The van der Waals surface area contributed by atoms with Crippen molar-refractivity contribution in [1.29, 1.82) is 0 Å². The molecule has 0 radical (unpaired) electrons. The molecule has 3 N–H and O–H groups in total. The molecular formula is C18H18N4O5. The lowest BCUT2D eigenvalue weighted by atomic mass is 10.00. The van der Waals surface area contributed by atoms with Gasteiger partial charge in [-0.25, -0.2) is 0 Å². The van der Waals surface area contributed by atoms with Crippen LogP contribution < -0.4 is 25.4 Å². The van der Waals surface area contributed by atoms with Gasteiger partial charge in [0.1, 0.15) is 5.69 Å². The molecule has 0 atom stereocenters. The largest absolute Gasteiger partial charge is 0.454 e. The van der Waals surface area contributed by atoms with E-state index in [9.17, 15) is 14.9 Å². The minimum Gasteiger partial charge on any atom is -0.454 e. The summed E-state index contributed by atoms with van der Waals surface area (Å²) in [4.78, 5) is 25.3. The molecule has 9 nitrogen and oxygen atoms in total. The van der Waals surface area contributed by atoms with Crippen molar-refractivity contribution in [3.63, 3.8) is 0 Å². The van der Waals surface area contributed by atoms with E-state index in [0.717, 1.165) is 24.1 Å². The lowest BCUT2D eigenvalue weighted by molar-refractivity contribution is -0.384. The number of carbonyl (C=O) groups is 1. The van der Waals surface area contributed by atoms with E-state index in [0.29, 0.717) is 23.7 Å². The first-order valence-corrected chi connectivity index (χ1v) is 8.53. The second kappa shape index (κ2) is 6.67. The van der Waals surface area contributed by atoms with Gasteiger partial charge in [-0.15, -0.1) is 0 Å². The second-order valence-corrected chi connectivity index (χ2v) is 6.40. The van der Waals surface area contributed by atoms with Crippen molar-refractivity contribution in [3.8, 4) is 11.5 Å². The van der Waals surface area contributed by atoms with Gasteiger partial charge in [-0.1, -0.05) is 6.07 Å². The number of nitro benzene ring substituents is 1. The normalized spacial score (nSPS) is 14.6. The minimum atomic E-state index is -0.561. The van der Waals surface area contributed by atoms with Gasteiger partial charge in [-0.3, -0.25) is 14.9 Å². The average Bonchev–Trinajstić information content (AvgIpc) is 3.09. The second-order valence-electron chi connectivity index (χ2n) is 6.40. The topological polar surface area (TPSA) is 120 Å². The van der Waals surface area contributed by atoms with Crippen molar-refractivity contribution >= 4 is 28.7 Å². The Morgan fingerprint density at radius 2 is 2.07 bits per heavy atom. The summed E-state index contributed by atoms with van der Waals surface area (Å²) < 4.78 is 10.4. The van der Waals surface area contributed by atoms with Crippen molar-refractivity contribution in [2.75, 3.05) is 35.8 Å². The molecule has 0 bridgehead atoms.